The van der Waals surface area contributed by atoms with Gasteiger partial charge in [0.2, 0.25) is 0 Å². The topological polar surface area (TPSA) is 75.3 Å². The van der Waals surface area contributed by atoms with E-state index >= 15 is 0 Å². The van der Waals surface area contributed by atoms with Gasteiger partial charge in [-0.1, -0.05) is 17.7 Å². The van der Waals surface area contributed by atoms with Crippen molar-refractivity contribution < 1.29 is 0 Å². The number of nitrogens with two attached hydrogens (primary N) is 1. The minimum Gasteiger partial charge on any atom is -0.389 e. The summed E-state index contributed by atoms with van der Waals surface area (Å²) < 4.78 is 4.20. The number of thiocarbonyl (C=S) groups is 1. The van der Waals surface area contributed by atoms with E-state index in [0.717, 1.165) is 28.2 Å². The molecule has 0 atom stereocenters. The van der Waals surface area contributed by atoms with Gasteiger partial charge in [0.15, 0.2) is 5.11 Å². The Morgan fingerprint density at radius 3 is 2.77 bits per heavy atom. The Labute approximate surface area is 143 Å². The Kier molecular flexibility index (Phi) is 5.33. The molecule has 22 heavy (non-hydrogen) atoms. The molecule has 0 unspecified atom stereocenters. The molecule has 0 aliphatic carbocycles. The van der Waals surface area contributed by atoms with E-state index in [1.165, 1.54) is 11.5 Å². The second kappa shape index (κ2) is 7.04. The summed E-state index contributed by atoms with van der Waals surface area (Å²) in [6.45, 7) is 5.67. The molecular weight excluding hydrogens is 338 g/mol. The molecule has 0 aliphatic rings. The van der Waals surface area contributed by atoms with Crippen molar-refractivity contribution in [1.82, 2.24) is 9.80 Å². The Hall–Kier alpha value is -1.70. The van der Waals surface area contributed by atoms with Crippen molar-refractivity contribution >= 4 is 56.9 Å². The molecule has 8 heteroatoms. The van der Waals surface area contributed by atoms with Crippen LogP contribution < -0.4 is 16.5 Å². The van der Waals surface area contributed by atoms with E-state index in [4.69, 9.17) is 29.6 Å². The third kappa shape index (κ3) is 3.73. The number of aryl methyl sites for hydroxylation is 1. The number of halogens is 1. The smallest absolute Gasteiger partial charge is 0.191 e. The molecule has 2 aromatic rings. The van der Waals surface area contributed by atoms with Crippen molar-refractivity contribution in [2.45, 2.75) is 20.8 Å². The molecule has 1 aromatic heterocycles. The maximum Gasteiger partial charge on any atom is 0.191 e. The quantitative estimate of drug-likeness (QED) is 0.445. The molecule has 2 rings (SSSR count). The van der Waals surface area contributed by atoms with Gasteiger partial charge < -0.3 is 11.1 Å². The van der Waals surface area contributed by atoms with Crippen LogP contribution in [0.4, 0.5) is 10.7 Å². The average molecular weight is 354 g/mol. The maximum absolute atomic E-state index is 6.08. The lowest BCUT2D eigenvalue weighted by Gasteiger charge is -2.11. The molecule has 0 saturated carbocycles. The van der Waals surface area contributed by atoms with Gasteiger partial charge >= 0.3 is 0 Å². The maximum atomic E-state index is 6.08. The largest absolute Gasteiger partial charge is 0.389 e. The lowest BCUT2D eigenvalue weighted by Crippen LogP contribution is -2.25. The van der Waals surface area contributed by atoms with Crippen LogP contribution in [-0.2, 0) is 0 Å². The van der Waals surface area contributed by atoms with E-state index < -0.39 is 0 Å². The first kappa shape index (κ1) is 16.7. The summed E-state index contributed by atoms with van der Waals surface area (Å²) >= 11 is 12.6. The second-order valence-electron chi connectivity index (χ2n) is 4.68. The minimum absolute atomic E-state index is 0.379. The van der Waals surface area contributed by atoms with Crippen LogP contribution in [0.3, 0.4) is 0 Å². The molecule has 0 radical (unpaired) electrons. The van der Waals surface area contributed by atoms with E-state index in [-0.39, 0.29) is 0 Å². The molecule has 0 saturated heterocycles. The predicted molar refractivity (Wildman–Crippen MR) is 99.0 cm³/mol. The summed E-state index contributed by atoms with van der Waals surface area (Å²) in [7, 11) is 0. The molecule has 0 amide bonds. The highest BCUT2D eigenvalue weighted by Gasteiger charge is 2.11. The predicted octanol–water partition coefficient (Wildman–Crippen LogP) is 3.71. The Morgan fingerprint density at radius 2 is 2.14 bits per heavy atom. The van der Waals surface area contributed by atoms with Crippen LogP contribution in [0.2, 0.25) is 5.02 Å². The highest BCUT2D eigenvalue weighted by molar-refractivity contribution is 7.80. The monoisotopic (exact) mass is 353 g/mol. The number of benzene rings is 1. The molecule has 5 nitrogen and oxygen atoms in total. The number of nitrogens with one attached hydrogen (secondary N) is 2. The number of nitrogens with zero attached hydrogens (tertiary/aromatic N) is 2. The Bertz CT molecular complexity index is 719. The molecule has 116 valence electrons. The number of rotatable bonds is 3. The van der Waals surface area contributed by atoms with Crippen LogP contribution in [0, 0.1) is 13.8 Å². The van der Waals surface area contributed by atoms with E-state index in [9.17, 15) is 0 Å². The second-order valence-corrected chi connectivity index (χ2v) is 6.30. The van der Waals surface area contributed by atoms with Gasteiger partial charge in [-0.15, -0.1) is 0 Å². The molecule has 0 fully saturated rings. The fourth-order valence-corrected chi connectivity index (χ4v) is 2.95. The fourth-order valence-electron chi connectivity index (χ4n) is 1.91. The van der Waals surface area contributed by atoms with Crippen LogP contribution in [0.25, 0.3) is 0 Å². The molecule has 4 N–H and O–H groups in total. The summed E-state index contributed by atoms with van der Waals surface area (Å²) in [5.41, 5.74) is 12.9. The lowest BCUT2D eigenvalue weighted by atomic mass is 10.2. The van der Waals surface area contributed by atoms with E-state index in [1.54, 1.807) is 0 Å². The van der Waals surface area contributed by atoms with E-state index in [1.807, 2.05) is 39.0 Å². The van der Waals surface area contributed by atoms with Gasteiger partial charge in [-0.2, -0.15) is 9.47 Å². The fraction of sp³-hybridized carbons (Fsp3) is 0.214. The van der Waals surface area contributed by atoms with E-state index in [2.05, 4.69) is 20.2 Å². The van der Waals surface area contributed by atoms with Gasteiger partial charge in [0.05, 0.1) is 17.0 Å². The number of hydrogen-bond donors (Lipinski definition) is 3. The summed E-state index contributed by atoms with van der Waals surface area (Å²) in [6, 6.07) is 5.59. The normalized spacial score (nSPS) is 11.4. The van der Waals surface area contributed by atoms with Crippen LogP contribution in [0.5, 0.6) is 0 Å². The van der Waals surface area contributed by atoms with Crippen molar-refractivity contribution in [3.8, 4) is 0 Å². The van der Waals surface area contributed by atoms with Crippen LogP contribution in [0.1, 0.15) is 23.7 Å². The van der Waals surface area contributed by atoms with Crippen molar-refractivity contribution in [2.75, 3.05) is 11.1 Å². The molecule has 0 bridgehead atoms. The van der Waals surface area contributed by atoms with Gasteiger partial charge in [-0.05, 0) is 62.2 Å². The Balaban J connectivity index is 2.07. The molecule has 1 aromatic carbocycles. The van der Waals surface area contributed by atoms with Gasteiger partial charge in [0, 0.05) is 10.7 Å². The number of nitrogen functional groups attached to an aromatic ring is 1. The summed E-state index contributed by atoms with van der Waals surface area (Å²) in [5.74, 6) is 0. The zero-order chi connectivity index (χ0) is 16.3. The molecule has 1 heterocycles. The first-order valence-electron chi connectivity index (χ1n) is 6.48. The minimum atomic E-state index is 0.379. The number of anilines is 2. The molecule has 0 spiro atoms. The Morgan fingerprint density at radius 1 is 1.41 bits per heavy atom. The van der Waals surface area contributed by atoms with Gasteiger partial charge in [0.25, 0.3) is 0 Å². The summed E-state index contributed by atoms with van der Waals surface area (Å²) in [5, 5.41) is 9.02. The zero-order valence-electron chi connectivity index (χ0n) is 12.4. The molecule has 0 aliphatic heterocycles. The highest BCUT2D eigenvalue weighted by Crippen LogP contribution is 2.23. The van der Waals surface area contributed by atoms with Crippen LogP contribution in [-0.4, -0.2) is 15.2 Å². The third-order valence-electron chi connectivity index (χ3n) is 3.09. The first-order chi connectivity index (χ1) is 10.4. The van der Waals surface area contributed by atoms with Crippen molar-refractivity contribution in [1.29, 1.82) is 0 Å². The number of hydrogen-bond acceptors (Lipinski definition) is 5. The van der Waals surface area contributed by atoms with Gasteiger partial charge in [-0.3, -0.25) is 5.43 Å². The SMILES string of the molecule is C/C(=N/NC(=S)Nc1cccc(Cl)c1C)c1c(C)nsc1N. The average Bonchev–Trinajstić information content (AvgIpc) is 2.81. The van der Waals surface area contributed by atoms with Crippen LogP contribution >= 0.6 is 35.4 Å². The molecular formula is C14H16ClN5S2. The van der Waals surface area contributed by atoms with Crippen molar-refractivity contribution in [3.05, 3.63) is 40.0 Å². The van der Waals surface area contributed by atoms with Crippen molar-refractivity contribution in [2.24, 2.45) is 5.10 Å². The highest BCUT2D eigenvalue weighted by atomic mass is 35.5. The van der Waals surface area contributed by atoms with Crippen LogP contribution in [0.15, 0.2) is 23.3 Å². The van der Waals surface area contributed by atoms with Crippen molar-refractivity contribution in [3.63, 3.8) is 0 Å². The third-order valence-corrected chi connectivity index (χ3v) is 4.46. The number of aromatic nitrogens is 1. The van der Waals surface area contributed by atoms with Gasteiger partial charge in [-0.25, -0.2) is 0 Å². The lowest BCUT2D eigenvalue weighted by molar-refractivity contribution is 1.04. The zero-order valence-corrected chi connectivity index (χ0v) is 14.8. The van der Waals surface area contributed by atoms with Gasteiger partial charge in [0.1, 0.15) is 5.00 Å². The first-order valence-corrected chi connectivity index (χ1v) is 8.04. The number of hydrazone groups is 1. The van der Waals surface area contributed by atoms with E-state index in [0.29, 0.717) is 15.1 Å². The summed E-state index contributed by atoms with van der Waals surface area (Å²) in [4.78, 5) is 0. The summed E-state index contributed by atoms with van der Waals surface area (Å²) in [6.07, 6.45) is 0. The standard InChI is InChI=1S/C14H16ClN5S2/c1-7-10(15)5-4-6-11(7)17-14(21)19-18-8(2)12-9(3)20-22-13(12)16/h4-6H,16H2,1-3H3,(H2,17,19,21)/b18-8-.